The molecule has 0 radical (unpaired) electrons. The van der Waals surface area contributed by atoms with Gasteiger partial charge in [0, 0.05) is 12.8 Å². The van der Waals surface area contributed by atoms with Gasteiger partial charge in [-0.1, -0.05) is 23.7 Å². The van der Waals surface area contributed by atoms with Crippen LogP contribution in [-0.4, -0.2) is 5.78 Å². The number of carbonyl (C=O) groups is 1. The van der Waals surface area contributed by atoms with E-state index in [1.54, 1.807) is 6.07 Å². The molecule has 0 aliphatic heterocycles. The third-order valence-electron chi connectivity index (χ3n) is 3.12. The van der Waals surface area contributed by atoms with Crippen molar-refractivity contribution in [3.63, 3.8) is 0 Å². The van der Waals surface area contributed by atoms with E-state index in [9.17, 15) is 9.18 Å². The van der Waals surface area contributed by atoms with Gasteiger partial charge in [0.25, 0.3) is 0 Å². The molecule has 1 aromatic carbocycles. The summed E-state index contributed by atoms with van der Waals surface area (Å²) < 4.78 is 13.2. The van der Waals surface area contributed by atoms with Gasteiger partial charge in [0.1, 0.15) is 11.6 Å². The van der Waals surface area contributed by atoms with Gasteiger partial charge in [-0.15, -0.1) is 0 Å². The number of carbonyl (C=O) groups excluding carboxylic acids is 1. The molecular weight excluding hydrogens is 227 g/mol. The molecule has 1 nitrogen and oxygen atoms in total. The highest BCUT2D eigenvalue weighted by atomic mass is 35.5. The molecule has 1 saturated carbocycles. The maximum atomic E-state index is 13.2. The van der Waals surface area contributed by atoms with Crippen molar-refractivity contribution < 1.29 is 9.18 Å². The Labute approximate surface area is 99.6 Å². The number of ketones is 1. The zero-order valence-electron chi connectivity index (χ0n) is 9.01. The van der Waals surface area contributed by atoms with Gasteiger partial charge in [0.15, 0.2) is 0 Å². The lowest BCUT2D eigenvalue weighted by Gasteiger charge is -2.21. The van der Waals surface area contributed by atoms with E-state index in [1.807, 2.05) is 6.07 Å². The summed E-state index contributed by atoms with van der Waals surface area (Å²) >= 11 is 5.89. The molecule has 2 rings (SSSR count). The topological polar surface area (TPSA) is 17.1 Å². The summed E-state index contributed by atoms with van der Waals surface area (Å²) in [6, 6.07) is 4.86. The van der Waals surface area contributed by atoms with E-state index >= 15 is 0 Å². The summed E-state index contributed by atoms with van der Waals surface area (Å²) in [6.07, 6.45) is 4.03. The van der Waals surface area contributed by atoms with Crippen LogP contribution in [0.2, 0.25) is 5.02 Å². The third-order valence-corrected chi connectivity index (χ3v) is 3.55. The summed E-state index contributed by atoms with van der Waals surface area (Å²) in [5.41, 5.74) is 0.821. The van der Waals surface area contributed by atoms with Crippen molar-refractivity contribution in [3.05, 3.63) is 34.6 Å². The first-order valence-electron chi connectivity index (χ1n) is 5.61. The molecule has 0 bridgehead atoms. The molecule has 0 aromatic heterocycles. The molecule has 3 heteroatoms. The summed E-state index contributed by atoms with van der Waals surface area (Å²) in [7, 11) is 0. The molecule has 1 fully saturated rings. The van der Waals surface area contributed by atoms with Crippen LogP contribution in [0.25, 0.3) is 0 Å². The highest BCUT2D eigenvalue weighted by Crippen LogP contribution is 2.28. The minimum atomic E-state index is -0.374. The minimum absolute atomic E-state index is 0.209. The second-order valence-electron chi connectivity index (χ2n) is 4.42. The Hall–Kier alpha value is -0.890. The van der Waals surface area contributed by atoms with E-state index in [2.05, 4.69) is 0 Å². The van der Waals surface area contributed by atoms with Crippen LogP contribution in [0.3, 0.4) is 0 Å². The highest BCUT2D eigenvalue weighted by molar-refractivity contribution is 6.31. The van der Waals surface area contributed by atoms with Crippen molar-refractivity contribution >= 4 is 17.4 Å². The Kier molecular flexibility index (Phi) is 3.59. The molecule has 0 amide bonds. The van der Waals surface area contributed by atoms with Gasteiger partial charge in [-0.25, -0.2) is 4.39 Å². The van der Waals surface area contributed by atoms with Gasteiger partial charge in [-0.2, -0.15) is 0 Å². The van der Waals surface area contributed by atoms with Crippen molar-refractivity contribution in [1.29, 1.82) is 0 Å². The van der Waals surface area contributed by atoms with E-state index in [-0.39, 0.29) is 10.8 Å². The fourth-order valence-corrected chi connectivity index (χ4v) is 2.51. The average molecular weight is 241 g/mol. The fraction of sp³-hybridized carbons (Fsp3) is 0.462. The molecule has 0 spiro atoms. The zero-order valence-corrected chi connectivity index (χ0v) is 9.77. The highest BCUT2D eigenvalue weighted by Gasteiger charge is 2.20. The maximum Gasteiger partial charge on any atom is 0.142 e. The van der Waals surface area contributed by atoms with Gasteiger partial charge < -0.3 is 0 Å². The van der Waals surface area contributed by atoms with Crippen LogP contribution in [0.1, 0.15) is 31.2 Å². The number of hydrogen-bond donors (Lipinski definition) is 0. The van der Waals surface area contributed by atoms with Gasteiger partial charge in [-0.3, -0.25) is 4.79 Å². The molecule has 0 N–H and O–H groups in total. The van der Waals surface area contributed by atoms with Crippen LogP contribution in [0.15, 0.2) is 18.2 Å². The van der Waals surface area contributed by atoms with Crippen LogP contribution >= 0.6 is 11.6 Å². The Morgan fingerprint density at radius 3 is 3.00 bits per heavy atom. The summed E-state index contributed by atoms with van der Waals surface area (Å²) in [5.74, 6) is 0.283. The van der Waals surface area contributed by atoms with Crippen molar-refractivity contribution in [2.24, 2.45) is 5.92 Å². The molecule has 16 heavy (non-hydrogen) atoms. The standard InChI is InChI=1S/C13H14ClFO/c14-13-10(4-2-6-12(13)15)7-9-3-1-5-11(16)8-9/h2,4,6,9H,1,3,5,7-8H2. The first-order chi connectivity index (χ1) is 7.66. The third kappa shape index (κ3) is 2.62. The Bertz CT molecular complexity index is 403. The molecule has 0 saturated heterocycles. The van der Waals surface area contributed by atoms with Crippen LogP contribution in [0.5, 0.6) is 0 Å². The summed E-state index contributed by atoms with van der Waals surface area (Å²) in [5, 5.41) is 0.209. The van der Waals surface area contributed by atoms with Crippen LogP contribution in [0.4, 0.5) is 4.39 Å². The molecular formula is C13H14ClFO. The van der Waals surface area contributed by atoms with Gasteiger partial charge in [0.05, 0.1) is 5.02 Å². The number of halogens is 2. The van der Waals surface area contributed by atoms with E-state index in [1.165, 1.54) is 6.07 Å². The van der Waals surface area contributed by atoms with Crippen LogP contribution < -0.4 is 0 Å². The number of rotatable bonds is 2. The Morgan fingerprint density at radius 1 is 1.44 bits per heavy atom. The van der Waals surface area contributed by atoms with Crippen LogP contribution in [-0.2, 0) is 11.2 Å². The van der Waals surface area contributed by atoms with Crippen molar-refractivity contribution in [1.82, 2.24) is 0 Å². The summed E-state index contributed by atoms with van der Waals surface area (Å²) in [6.45, 7) is 0. The van der Waals surface area contributed by atoms with E-state index < -0.39 is 0 Å². The molecule has 1 aliphatic rings. The summed E-state index contributed by atoms with van der Waals surface area (Å²) in [4.78, 5) is 11.3. The first kappa shape index (κ1) is 11.6. The maximum absolute atomic E-state index is 13.2. The number of Topliss-reactive ketones (excluding diaryl/α,β-unsaturated/α-hetero) is 1. The molecule has 0 heterocycles. The fourth-order valence-electron chi connectivity index (χ4n) is 2.31. The molecule has 86 valence electrons. The number of hydrogen-bond acceptors (Lipinski definition) is 1. The molecule has 1 unspecified atom stereocenters. The van der Waals surface area contributed by atoms with Gasteiger partial charge in [0.2, 0.25) is 0 Å². The lowest BCUT2D eigenvalue weighted by molar-refractivity contribution is -0.121. The Morgan fingerprint density at radius 2 is 2.25 bits per heavy atom. The van der Waals surface area contributed by atoms with Gasteiger partial charge >= 0.3 is 0 Å². The lowest BCUT2D eigenvalue weighted by Crippen LogP contribution is -2.17. The monoisotopic (exact) mass is 240 g/mol. The van der Waals surface area contributed by atoms with E-state index in [0.29, 0.717) is 31.0 Å². The average Bonchev–Trinajstić information content (AvgIpc) is 2.25. The van der Waals surface area contributed by atoms with Crippen LogP contribution in [0, 0.1) is 11.7 Å². The minimum Gasteiger partial charge on any atom is -0.300 e. The zero-order chi connectivity index (χ0) is 11.5. The second-order valence-corrected chi connectivity index (χ2v) is 4.80. The molecule has 1 atom stereocenters. The normalized spacial score (nSPS) is 21.1. The first-order valence-corrected chi connectivity index (χ1v) is 5.99. The second kappa shape index (κ2) is 4.96. The largest absolute Gasteiger partial charge is 0.300 e. The molecule has 1 aliphatic carbocycles. The van der Waals surface area contributed by atoms with E-state index in [4.69, 9.17) is 11.6 Å². The van der Waals surface area contributed by atoms with Crippen molar-refractivity contribution in [3.8, 4) is 0 Å². The van der Waals surface area contributed by atoms with E-state index in [0.717, 1.165) is 18.4 Å². The number of benzene rings is 1. The lowest BCUT2D eigenvalue weighted by atomic mass is 9.84. The van der Waals surface area contributed by atoms with Crippen molar-refractivity contribution in [2.75, 3.05) is 0 Å². The Balaban J connectivity index is 2.08. The quantitative estimate of drug-likeness (QED) is 0.769. The smallest absolute Gasteiger partial charge is 0.142 e. The predicted octanol–water partition coefficient (Wildman–Crippen LogP) is 3.78. The molecule has 1 aromatic rings. The van der Waals surface area contributed by atoms with Gasteiger partial charge in [-0.05, 0) is 36.8 Å². The SMILES string of the molecule is O=C1CCCC(Cc2cccc(F)c2Cl)C1. The predicted molar refractivity (Wildman–Crippen MR) is 62.1 cm³/mol. The van der Waals surface area contributed by atoms with Crippen molar-refractivity contribution in [2.45, 2.75) is 32.1 Å².